The van der Waals surface area contributed by atoms with Crippen LogP contribution in [0.4, 0.5) is 0 Å². The maximum Gasteiger partial charge on any atom is 0.128 e. The highest BCUT2D eigenvalue weighted by atomic mass is 16.5. The number of hydrogen-bond donors (Lipinski definition) is 1. The molecule has 110 valence electrons. The van der Waals surface area contributed by atoms with Gasteiger partial charge in [-0.15, -0.1) is 0 Å². The predicted octanol–water partition coefficient (Wildman–Crippen LogP) is 1.77. The molecule has 2 atom stereocenters. The molecule has 0 amide bonds. The average molecular weight is 277 g/mol. The fraction of sp³-hybridized carbons (Fsp3) is 0.625. The third kappa shape index (κ3) is 2.68. The quantitative estimate of drug-likeness (QED) is 0.914. The predicted molar refractivity (Wildman–Crippen MR) is 77.1 cm³/mol. The zero-order valence-electron chi connectivity index (χ0n) is 12.0. The van der Waals surface area contributed by atoms with Crippen LogP contribution in [0, 0.1) is 0 Å². The van der Waals surface area contributed by atoms with Crippen LogP contribution < -0.4 is 4.74 Å². The summed E-state index contributed by atoms with van der Waals surface area (Å²) in [4.78, 5) is 2.31. The number of rotatable bonds is 3. The molecular weight excluding hydrogens is 254 g/mol. The van der Waals surface area contributed by atoms with Crippen LogP contribution in [-0.4, -0.2) is 49.0 Å². The Balaban J connectivity index is 1.81. The molecule has 20 heavy (non-hydrogen) atoms. The molecule has 4 nitrogen and oxygen atoms in total. The number of benzene rings is 1. The number of likely N-dealkylation sites (N-methyl/N-ethyl adjacent to an activating group) is 1. The number of morpholine rings is 1. The lowest BCUT2D eigenvalue weighted by Gasteiger charge is -2.35. The Morgan fingerprint density at radius 2 is 2.30 bits per heavy atom. The van der Waals surface area contributed by atoms with Gasteiger partial charge in [-0.2, -0.15) is 0 Å². The largest absolute Gasteiger partial charge is 0.493 e. The molecule has 0 saturated carbocycles. The van der Waals surface area contributed by atoms with Crippen molar-refractivity contribution in [2.45, 2.75) is 32.0 Å². The second-order valence-electron chi connectivity index (χ2n) is 5.53. The smallest absolute Gasteiger partial charge is 0.128 e. The summed E-state index contributed by atoms with van der Waals surface area (Å²) in [6.45, 7) is 6.29. The molecule has 1 N–H and O–H groups in total. The van der Waals surface area contributed by atoms with E-state index >= 15 is 0 Å². The Morgan fingerprint density at radius 1 is 1.40 bits per heavy atom. The summed E-state index contributed by atoms with van der Waals surface area (Å²) in [5, 5.41) is 10.7. The molecule has 0 aliphatic carbocycles. The summed E-state index contributed by atoms with van der Waals surface area (Å²) >= 11 is 0. The molecule has 2 unspecified atom stereocenters. The van der Waals surface area contributed by atoms with E-state index in [0.717, 1.165) is 50.4 Å². The number of aliphatic hydroxyl groups is 1. The number of ether oxygens (including phenoxy) is 2. The van der Waals surface area contributed by atoms with E-state index in [1.165, 1.54) is 5.56 Å². The standard InChI is InChI=1S/C16H23NO3/c1-2-17-8-10-19-14(11-17)15(18)13-7-3-5-12-6-4-9-20-16(12)13/h3,5,7,14-15,18H,2,4,6,8-11H2,1H3. The minimum atomic E-state index is -0.614. The second-order valence-corrected chi connectivity index (χ2v) is 5.53. The van der Waals surface area contributed by atoms with Crippen molar-refractivity contribution in [2.75, 3.05) is 32.8 Å². The summed E-state index contributed by atoms with van der Waals surface area (Å²) < 4.78 is 11.6. The van der Waals surface area contributed by atoms with Crippen LogP contribution in [0.25, 0.3) is 0 Å². The third-order valence-electron chi connectivity index (χ3n) is 4.26. The molecule has 1 fully saturated rings. The summed E-state index contributed by atoms with van der Waals surface area (Å²) in [5.41, 5.74) is 2.08. The molecule has 1 aromatic rings. The Bertz CT molecular complexity index is 463. The highest BCUT2D eigenvalue weighted by Gasteiger charge is 2.30. The van der Waals surface area contributed by atoms with E-state index in [1.807, 2.05) is 12.1 Å². The molecule has 2 aliphatic rings. The van der Waals surface area contributed by atoms with E-state index in [4.69, 9.17) is 9.47 Å². The number of para-hydroxylation sites is 1. The van der Waals surface area contributed by atoms with Crippen LogP contribution in [0.2, 0.25) is 0 Å². The van der Waals surface area contributed by atoms with Gasteiger partial charge in [0.1, 0.15) is 18.0 Å². The maximum atomic E-state index is 10.7. The number of aliphatic hydroxyl groups excluding tert-OH is 1. The van der Waals surface area contributed by atoms with Gasteiger partial charge in [0.15, 0.2) is 0 Å². The van der Waals surface area contributed by atoms with E-state index in [0.29, 0.717) is 6.61 Å². The van der Waals surface area contributed by atoms with Crippen molar-refractivity contribution in [1.82, 2.24) is 4.90 Å². The van der Waals surface area contributed by atoms with Crippen molar-refractivity contribution < 1.29 is 14.6 Å². The third-order valence-corrected chi connectivity index (χ3v) is 4.26. The summed E-state index contributed by atoms with van der Waals surface area (Å²) in [7, 11) is 0. The highest BCUT2D eigenvalue weighted by Crippen LogP contribution is 2.35. The first-order valence-corrected chi connectivity index (χ1v) is 7.56. The molecule has 4 heteroatoms. The van der Waals surface area contributed by atoms with E-state index in [2.05, 4.69) is 17.9 Å². The fourth-order valence-corrected chi connectivity index (χ4v) is 3.06. The molecule has 1 saturated heterocycles. The van der Waals surface area contributed by atoms with Crippen molar-refractivity contribution in [2.24, 2.45) is 0 Å². The topological polar surface area (TPSA) is 41.9 Å². The van der Waals surface area contributed by atoms with Gasteiger partial charge < -0.3 is 14.6 Å². The Labute approximate surface area is 120 Å². The normalized spacial score (nSPS) is 24.8. The number of fused-ring (bicyclic) bond motifs is 1. The number of aryl methyl sites for hydroxylation is 1. The van der Waals surface area contributed by atoms with Crippen molar-refractivity contribution in [3.05, 3.63) is 29.3 Å². The fourth-order valence-electron chi connectivity index (χ4n) is 3.06. The molecule has 2 aliphatic heterocycles. The summed E-state index contributed by atoms with van der Waals surface area (Å²) in [6.07, 6.45) is 1.30. The van der Waals surface area contributed by atoms with Gasteiger partial charge in [-0.05, 0) is 24.9 Å². The van der Waals surface area contributed by atoms with Crippen LogP contribution in [-0.2, 0) is 11.2 Å². The van der Waals surface area contributed by atoms with E-state index in [1.54, 1.807) is 0 Å². The molecular formula is C16H23NO3. The molecule has 0 aromatic heterocycles. The molecule has 0 spiro atoms. The monoisotopic (exact) mass is 277 g/mol. The van der Waals surface area contributed by atoms with Gasteiger partial charge in [0.25, 0.3) is 0 Å². The molecule has 3 rings (SSSR count). The first-order chi connectivity index (χ1) is 9.79. The van der Waals surface area contributed by atoms with Crippen LogP contribution in [0.1, 0.15) is 30.6 Å². The summed E-state index contributed by atoms with van der Waals surface area (Å²) in [5.74, 6) is 0.878. The highest BCUT2D eigenvalue weighted by molar-refractivity contribution is 5.44. The lowest BCUT2D eigenvalue weighted by atomic mass is 9.96. The van der Waals surface area contributed by atoms with Crippen molar-refractivity contribution in [3.8, 4) is 5.75 Å². The van der Waals surface area contributed by atoms with Gasteiger partial charge in [-0.1, -0.05) is 25.1 Å². The van der Waals surface area contributed by atoms with Crippen LogP contribution >= 0.6 is 0 Å². The van der Waals surface area contributed by atoms with E-state index < -0.39 is 6.10 Å². The first kappa shape index (κ1) is 13.9. The number of nitrogens with zero attached hydrogens (tertiary/aromatic N) is 1. The van der Waals surface area contributed by atoms with Gasteiger partial charge in [0, 0.05) is 18.7 Å². The van der Waals surface area contributed by atoms with Crippen molar-refractivity contribution in [3.63, 3.8) is 0 Å². The van der Waals surface area contributed by atoms with Crippen LogP contribution in [0.5, 0.6) is 5.75 Å². The molecule has 2 heterocycles. The SMILES string of the molecule is CCN1CCOC(C(O)c2cccc3c2OCCC3)C1. The Hall–Kier alpha value is -1.10. The zero-order chi connectivity index (χ0) is 13.9. The van der Waals surface area contributed by atoms with Crippen molar-refractivity contribution in [1.29, 1.82) is 0 Å². The molecule has 1 aromatic carbocycles. The average Bonchev–Trinajstić information content (AvgIpc) is 2.53. The zero-order valence-corrected chi connectivity index (χ0v) is 12.0. The van der Waals surface area contributed by atoms with Gasteiger partial charge in [0.2, 0.25) is 0 Å². The molecule has 0 radical (unpaired) electrons. The minimum absolute atomic E-state index is 0.166. The summed E-state index contributed by atoms with van der Waals surface area (Å²) in [6, 6.07) is 6.06. The van der Waals surface area contributed by atoms with Gasteiger partial charge in [-0.3, -0.25) is 4.90 Å². The van der Waals surface area contributed by atoms with E-state index in [-0.39, 0.29) is 6.10 Å². The second kappa shape index (κ2) is 6.12. The number of hydrogen-bond acceptors (Lipinski definition) is 4. The van der Waals surface area contributed by atoms with E-state index in [9.17, 15) is 5.11 Å². The van der Waals surface area contributed by atoms with Crippen LogP contribution in [0.15, 0.2) is 18.2 Å². The van der Waals surface area contributed by atoms with Gasteiger partial charge >= 0.3 is 0 Å². The Kier molecular flexibility index (Phi) is 4.24. The maximum absolute atomic E-state index is 10.7. The Morgan fingerprint density at radius 3 is 3.15 bits per heavy atom. The van der Waals surface area contributed by atoms with Gasteiger partial charge in [0.05, 0.1) is 13.2 Å². The lowest BCUT2D eigenvalue weighted by Crippen LogP contribution is -2.44. The molecule has 0 bridgehead atoms. The lowest BCUT2D eigenvalue weighted by molar-refractivity contribution is -0.0895. The van der Waals surface area contributed by atoms with Crippen molar-refractivity contribution >= 4 is 0 Å². The van der Waals surface area contributed by atoms with Crippen LogP contribution in [0.3, 0.4) is 0 Å². The van der Waals surface area contributed by atoms with Gasteiger partial charge in [-0.25, -0.2) is 0 Å². The first-order valence-electron chi connectivity index (χ1n) is 7.56. The minimum Gasteiger partial charge on any atom is -0.493 e.